The van der Waals surface area contributed by atoms with Crippen molar-refractivity contribution < 1.29 is 9.90 Å². The molecular weight excluding hydrogens is 314 g/mol. The summed E-state index contributed by atoms with van der Waals surface area (Å²) in [6.45, 7) is 7.69. The van der Waals surface area contributed by atoms with Crippen LogP contribution >= 0.6 is 0 Å². The van der Waals surface area contributed by atoms with E-state index in [9.17, 15) is 9.90 Å². The van der Waals surface area contributed by atoms with E-state index in [0.717, 1.165) is 54.1 Å². The third-order valence-corrected chi connectivity index (χ3v) is 5.00. The summed E-state index contributed by atoms with van der Waals surface area (Å²) in [6.07, 6.45) is 3.84. The van der Waals surface area contributed by atoms with E-state index in [1.807, 2.05) is 51.2 Å². The molecule has 5 heteroatoms. The SMILES string of the molecule is Cc1cc(C)c(C(=O)O)c(C)c1NC1CCN(c2ccccn2)CC1. The van der Waals surface area contributed by atoms with Crippen molar-refractivity contribution in [1.29, 1.82) is 0 Å². The van der Waals surface area contributed by atoms with Crippen molar-refractivity contribution in [2.24, 2.45) is 0 Å². The second-order valence-corrected chi connectivity index (χ2v) is 6.78. The van der Waals surface area contributed by atoms with E-state index < -0.39 is 5.97 Å². The zero-order valence-electron chi connectivity index (χ0n) is 15.0. The molecule has 2 heterocycles. The summed E-state index contributed by atoms with van der Waals surface area (Å²) in [6, 6.07) is 8.30. The molecule has 0 aliphatic carbocycles. The highest BCUT2D eigenvalue weighted by Gasteiger charge is 2.22. The standard InChI is InChI=1S/C20H25N3O2/c1-13-12-14(2)19(15(3)18(13)20(24)25)22-16-7-10-23(11-8-16)17-6-4-5-9-21-17/h4-6,9,12,16,22H,7-8,10-11H2,1-3H3,(H,24,25). The van der Waals surface area contributed by atoms with Crippen molar-refractivity contribution in [3.8, 4) is 0 Å². The van der Waals surface area contributed by atoms with Crippen LogP contribution in [0.2, 0.25) is 0 Å². The van der Waals surface area contributed by atoms with Gasteiger partial charge in [-0.15, -0.1) is 0 Å². The van der Waals surface area contributed by atoms with Gasteiger partial charge in [0.25, 0.3) is 0 Å². The maximum Gasteiger partial charge on any atom is 0.336 e. The fourth-order valence-corrected chi connectivity index (χ4v) is 3.73. The first-order valence-corrected chi connectivity index (χ1v) is 8.74. The Morgan fingerprint density at radius 1 is 1.20 bits per heavy atom. The van der Waals surface area contributed by atoms with Crippen LogP contribution in [0.3, 0.4) is 0 Å². The van der Waals surface area contributed by atoms with E-state index in [1.54, 1.807) is 0 Å². The molecule has 2 N–H and O–H groups in total. The predicted molar refractivity (Wildman–Crippen MR) is 101 cm³/mol. The van der Waals surface area contributed by atoms with Gasteiger partial charge in [0.05, 0.1) is 5.56 Å². The summed E-state index contributed by atoms with van der Waals surface area (Å²) in [5.74, 6) is 0.167. The number of carboxylic acids is 1. The fraction of sp³-hybridized carbons (Fsp3) is 0.400. The third-order valence-electron chi connectivity index (χ3n) is 5.00. The van der Waals surface area contributed by atoms with Crippen molar-refractivity contribution in [1.82, 2.24) is 4.98 Å². The number of carbonyl (C=O) groups is 1. The Balaban J connectivity index is 1.72. The van der Waals surface area contributed by atoms with Gasteiger partial charge >= 0.3 is 5.97 Å². The number of pyridine rings is 1. The number of nitrogens with one attached hydrogen (secondary N) is 1. The number of piperidine rings is 1. The Morgan fingerprint density at radius 3 is 2.52 bits per heavy atom. The van der Waals surface area contributed by atoms with Crippen LogP contribution in [0.4, 0.5) is 11.5 Å². The Hall–Kier alpha value is -2.56. The lowest BCUT2D eigenvalue weighted by atomic mass is 9.95. The second kappa shape index (κ2) is 7.13. The summed E-state index contributed by atoms with van der Waals surface area (Å²) >= 11 is 0. The minimum absolute atomic E-state index is 0.349. The average molecular weight is 339 g/mol. The molecule has 0 bridgehead atoms. The minimum atomic E-state index is -0.858. The van der Waals surface area contributed by atoms with Crippen LogP contribution in [0.5, 0.6) is 0 Å². The van der Waals surface area contributed by atoms with Crippen molar-refractivity contribution in [2.75, 3.05) is 23.3 Å². The number of carboxylic acid groups (broad SMARTS) is 1. The Morgan fingerprint density at radius 2 is 1.92 bits per heavy atom. The molecule has 1 aliphatic rings. The van der Waals surface area contributed by atoms with Gasteiger partial charge in [0.2, 0.25) is 0 Å². The van der Waals surface area contributed by atoms with Crippen LogP contribution in [-0.4, -0.2) is 35.2 Å². The molecule has 1 aromatic carbocycles. The molecule has 2 aromatic rings. The van der Waals surface area contributed by atoms with E-state index >= 15 is 0 Å². The van der Waals surface area contributed by atoms with E-state index in [0.29, 0.717) is 11.6 Å². The molecule has 1 fully saturated rings. The zero-order valence-corrected chi connectivity index (χ0v) is 15.0. The summed E-state index contributed by atoms with van der Waals surface area (Å²) in [5, 5.41) is 13.1. The highest BCUT2D eigenvalue weighted by atomic mass is 16.4. The number of aryl methyl sites for hydroxylation is 2. The second-order valence-electron chi connectivity index (χ2n) is 6.78. The van der Waals surface area contributed by atoms with Gasteiger partial charge in [0.1, 0.15) is 5.82 Å². The Kier molecular flexibility index (Phi) is 4.93. The van der Waals surface area contributed by atoms with Crippen LogP contribution in [0.1, 0.15) is 39.9 Å². The molecule has 132 valence electrons. The van der Waals surface area contributed by atoms with Crippen molar-refractivity contribution in [3.05, 3.63) is 52.7 Å². The highest BCUT2D eigenvalue weighted by molar-refractivity contribution is 5.93. The Labute approximate surface area is 148 Å². The number of hydrogen-bond acceptors (Lipinski definition) is 4. The molecule has 1 saturated heterocycles. The largest absolute Gasteiger partial charge is 0.478 e. The molecule has 0 radical (unpaired) electrons. The maximum atomic E-state index is 11.6. The number of aromatic carboxylic acids is 1. The number of benzene rings is 1. The predicted octanol–water partition coefficient (Wildman–Crippen LogP) is 3.79. The van der Waals surface area contributed by atoms with Gasteiger partial charge < -0.3 is 15.3 Å². The first kappa shape index (κ1) is 17.3. The number of rotatable bonds is 4. The van der Waals surface area contributed by atoms with Crippen molar-refractivity contribution in [3.63, 3.8) is 0 Å². The van der Waals surface area contributed by atoms with Gasteiger partial charge in [0, 0.05) is 31.0 Å². The van der Waals surface area contributed by atoms with Gasteiger partial charge in [-0.3, -0.25) is 0 Å². The lowest BCUT2D eigenvalue weighted by Gasteiger charge is -2.34. The molecule has 1 aliphatic heterocycles. The molecule has 0 amide bonds. The lowest BCUT2D eigenvalue weighted by Crippen LogP contribution is -2.39. The van der Waals surface area contributed by atoms with E-state index in [-0.39, 0.29) is 0 Å². The normalized spacial score (nSPS) is 15.2. The van der Waals surface area contributed by atoms with Crippen LogP contribution < -0.4 is 10.2 Å². The number of anilines is 2. The maximum absolute atomic E-state index is 11.6. The molecule has 0 saturated carbocycles. The van der Waals surface area contributed by atoms with Gasteiger partial charge in [-0.05, 0) is 62.4 Å². The van der Waals surface area contributed by atoms with E-state index in [1.165, 1.54) is 0 Å². The van der Waals surface area contributed by atoms with Gasteiger partial charge in [0.15, 0.2) is 0 Å². The number of nitrogens with zero attached hydrogens (tertiary/aromatic N) is 2. The van der Waals surface area contributed by atoms with E-state index in [2.05, 4.69) is 15.2 Å². The summed E-state index contributed by atoms with van der Waals surface area (Å²) in [7, 11) is 0. The summed E-state index contributed by atoms with van der Waals surface area (Å²) in [5.41, 5.74) is 4.14. The first-order valence-electron chi connectivity index (χ1n) is 8.74. The monoisotopic (exact) mass is 339 g/mol. The first-order chi connectivity index (χ1) is 12.0. The van der Waals surface area contributed by atoms with Crippen LogP contribution in [0, 0.1) is 20.8 Å². The van der Waals surface area contributed by atoms with Crippen LogP contribution in [-0.2, 0) is 0 Å². The topological polar surface area (TPSA) is 65.5 Å². The lowest BCUT2D eigenvalue weighted by molar-refractivity contribution is 0.0695. The molecule has 3 rings (SSSR count). The number of hydrogen-bond donors (Lipinski definition) is 2. The van der Waals surface area contributed by atoms with Crippen molar-refractivity contribution >= 4 is 17.5 Å². The highest BCUT2D eigenvalue weighted by Crippen LogP contribution is 2.29. The quantitative estimate of drug-likeness (QED) is 0.887. The smallest absolute Gasteiger partial charge is 0.336 e. The summed E-state index contributed by atoms with van der Waals surface area (Å²) < 4.78 is 0. The molecule has 5 nitrogen and oxygen atoms in total. The van der Waals surface area contributed by atoms with Gasteiger partial charge in [-0.1, -0.05) is 12.1 Å². The van der Waals surface area contributed by atoms with Crippen molar-refractivity contribution in [2.45, 2.75) is 39.7 Å². The molecule has 0 atom stereocenters. The zero-order chi connectivity index (χ0) is 18.0. The van der Waals surface area contributed by atoms with E-state index in [4.69, 9.17) is 0 Å². The average Bonchev–Trinajstić information content (AvgIpc) is 2.59. The fourth-order valence-electron chi connectivity index (χ4n) is 3.73. The van der Waals surface area contributed by atoms with Crippen LogP contribution in [0.25, 0.3) is 0 Å². The molecular formula is C20H25N3O2. The summed E-state index contributed by atoms with van der Waals surface area (Å²) in [4.78, 5) is 18.3. The Bertz CT molecular complexity index is 766. The molecule has 0 spiro atoms. The van der Waals surface area contributed by atoms with Gasteiger partial charge in [-0.2, -0.15) is 0 Å². The number of aromatic nitrogens is 1. The molecule has 1 aromatic heterocycles. The molecule has 25 heavy (non-hydrogen) atoms. The third kappa shape index (κ3) is 3.60. The molecule has 0 unspecified atom stereocenters. The van der Waals surface area contributed by atoms with Gasteiger partial charge in [-0.25, -0.2) is 9.78 Å². The van der Waals surface area contributed by atoms with Crippen LogP contribution in [0.15, 0.2) is 30.5 Å². The minimum Gasteiger partial charge on any atom is -0.478 e.